The molecule has 0 saturated carbocycles. The summed E-state index contributed by atoms with van der Waals surface area (Å²) in [5, 5.41) is 0. The third kappa shape index (κ3) is 5.63. The molecule has 0 radical (unpaired) electrons. The summed E-state index contributed by atoms with van der Waals surface area (Å²) in [6.45, 7) is 3.89. The number of hydrogen-bond donors (Lipinski definition) is 1. The number of carbonyl (C=O) groups is 1. The molecule has 2 nitrogen and oxygen atoms in total. The Bertz CT molecular complexity index is 85.1. The van der Waals surface area contributed by atoms with Crippen LogP contribution in [0.25, 0.3) is 0 Å². The van der Waals surface area contributed by atoms with Gasteiger partial charge in [-0.1, -0.05) is 20.3 Å². The summed E-state index contributed by atoms with van der Waals surface area (Å²) >= 11 is 0. The first kappa shape index (κ1) is 11.5. The molecule has 0 bridgehead atoms. The highest BCUT2D eigenvalue weighted by molar-refractivity contribution is 5.85. The molecule has 1 unspecified atom stereocenters. The Morgan fingerprint density at radius 1 is 1.67 bits per heavy atom. The minimum absolute atomic E-state index is 0. The van der Waals surface area contributed by atoms with Gasteiger partial charge in [-0.3, -0.25) is 4.79 Å². The molecule has 1 amide bonds. The van der Waals surface area contributed by atoms with Gasteiger partial charge in [-0.15, -0.1) is 12.4 Å². The molecular formula is C6H14ClNO. The largest absolute Gasteiger partial charge is 0.369 e. The smallest absolute Gasteiger partial charge is 0.220 e. The Kier molecular flexibility index (Phi) is 7.55. The Balaban J connectivity index is 0. The summed E-state index contributed by atoms with van der Waals surface area (Å²) in [6.07, 6.45) is 1.94. The lowest BCUT2D eigenvalue weighted by Gasteiger charge is -2.01. The fourth-order valence-corrected chi connectivity index (χ4v) is 0.575. The molecule has 0 fully saturated rings. The molecule has 0 heterocycles. The zero-order valence-electron chi connectivity index (χ0n) is 5.89. The van der Waals surface area contributed by atoms with Gasteiger partial charge in [0, 0.05) is 5.92 Å². The summed E-state index contributed by atoms with van der Waals surface area (Å²) in [5.41, 5.74) is 4.98. The Morgan fingerprint density at radius 3 is 2.22 bits per heavy atom. The van der Waals surface area contributed by atoms with Gasteiger partial charge in [0.2, 0.25) is 5.91 Å². The van der Waals surface area contributed by atoms with Crippen LogP contribution >= 0.6 is 12.4 Å². The van der Waals surface area contributed by atoms with Crippen LogP contribution in [0.5, 0.6) is 0 Å². The molecular weight excluding hydrogens is 138 g/mol. The maximum atomic E-state index is 10.3. The minimum Gasteiger partial charge on any atom is -0.369 e. The maximum absolute atomic E-state index is 10.3. The van der Waals surface area contributed by atoms with E-state index in [2.05, 4.69) is 0 Å². The molecule has 0 spiro atoms. The lowest BCUT2D eigenvalue weighted by molar-refractivity contribution is -0.121. The number of nitrogens with two attached hydrogens (primary N) is 1. The van der Waals surface area contributed by atoms with E-state index in [9.17, 15) is 4.79 Å². The summed E-state index contributed by atoms with van der Waals surface area (Å²) in [7, 11) is 0. The van der Waals surface area contributed by atoms with Gasteiger partial charge in [0.05, 0.1) is 0 Å². The molecule has 0 rings (SSSR count). The SMILES string of the molecule is CCCC(C)C(N)=O.Cl. The van der Waals surface area contributed by atoms with Gasteiger partial charge >= 0.3 is 0 Å². The molecule has 0 aromatic heterocycles. The van der Waals surface area contributed by atoms with Crippen LogP contribution in [-0.2, 0) is 4.79 Å². The highest BCUT2D eigenvalue weighted by Gasteiger charge is 2.04. The summed E-state index contributed by atoms with van der Waals surface area (Å²) < 4.78 is 0. The van der Waals surface area contributed by atoms with Gasteiger partial charge < -0.3 is 5.73 Å². The Morgan fingerprint density at radius 2 is 2.11 bits per heavy atom. The van der Waals surface area contributed by atoms with Crippen molar-refractivity contribution in [2.75, 3.05) is 0 Å². The van der Waals surface area contributed by atoms with Crippen molar-refractivity contribution >= 4 is 18.3 Å². The number of primary amides is 1. The fourth-order valence-electron chi connectivity index (χ4n) is 0.575. The molecule has 56 valence electrons. The second kappa shape index (κ2) is 5.89. The van der Waals surface area contributed by atoms with Gasteiger partial charge in [0.15, 0.2) is 0 Å². The van der Waals surface area contributed by atoms with Crippen LogP contribution < -0.4 is 5.73 Å². The predicted octanol–water partition coefficient (Wildman–Crippen LogP) is 1.33. The minimum atomic E-state index is -0.188. The zero-order valence-corrected chi connectivity index (χ0v) is 6.70. The number of amides is 1. The molecule has 0 aliphatic carbocycles. The summed E-state index contributed by atoms with van der Waals surface area (Å²) in [6, 6.07) is 0. The topological polar surface area (TPSA) is 43.1 Å². The highest BCUT2D eigenvalue weighted by atomic mass is 35.5. The molecule has 1 atom stereocenters. The molecule has 0 aromatic carbocycles. The zero-order chi connectivity index (χ0) is 6.57. The second-order valence-corrected chi connectivity index (χ2v) is 2.09. The first-order valence-electron chi connectivity index (χ1n) is 2.97. The van der Waals surface area contributed by atoms with Crippen molar-refractivity contribution in [2.24, 2.45) is 11.7 Å². The van der Waals surface area contributed by atoms with E-state index in [1.54, 1.807) is 0 Å². The monoisotopic (exact) mass is 151 g/mol. The van der Waals surface area contributed by atoms with Crippen molar-refractivity contribution in [1.82, 2.24) is 0 Å². The van der Waals surface area contributed by atoms with Gasteiger partial charge in [-0.25, -0.2) is 0 Å². The average molecular weight is 152 g/mol. The first-order chi connectivity index (χ1) is 3.68. The quantitative estimate of drug-likeness (QED) is 0.650. The highest BCUT2D eigenvalue weighted by Crippen LogP contribution is 2.01. The molecule has 0 saturated heterocycles. The van der Waals surface area contributed by atoms with Crippen LogP contribution in [0.2, 0.25) is 0 Å². The normalized spacial score (nSPS) is 11.8. The molecule has 3 heteroatoms. The van der Waals surface area contributed by atoms with Crippen molar-refractivity contribution in [1.29, 1.82) is 0 Å². The summed E-state index contributed by atoms with van der Waals surface area (Å²) in [4.78, 5) is 10.3. The summed E-state index contributed by atoms with van der Waals surface area (Å²) in [5.74, 6) is -0.133. The van der Waals surface area contributed by atoms with Crippen LogP contribution in [-0.4, -0.2) is 5.91 Å². The molecule has 0 aliphatic rings. The van der Waals surface area contributed by atoms with Gasteiger partial charge in [0.25, 0.3) is 0 Å². The third-order valence-corrected chi connectivity index (χ3v) is 1.21. The molecule has 0 aliphatic heterocycles. The van der Waals surface area contributed by atoms with Crippen molar-refractivity contribution in [3.63, 3.8) is 0 Å². The van der Waals surface area contributed by atoms with Crippen molar-refractivity contribution in [2.45, 2.75) is 26.7 Å². The average Bonchev–Trinajstić information content (AvgIpc) is 1.67. The van der Waals surface area contributed by atoms with Crippen molar-refractivity contribution in [3.05, 3.63) is 0 Å². The van der Waals surface area contributed by atoms with E-state index in [1.807, 2.05) is 13.8 Å². The number of halogens is 1. The van der Waals surface area contributed by atoms with Crippen LogP contribution in [0.1, 0.15) is 26.7 Å². The number of carbonyl (C=O) groups excluding carboxylic acids is 1. The van der Waals surface area contributed by atoms with E-state index < -0.39 is 0 Å². The van der Waals surface area contributed by atoms with Crippen LogP contribution in [0.4, 0.5) is 0 Å². The molecule has 9 heavy (non-hydrogen) atoms. The van der Waals surface area contributed by atoms with Crippen LogP contribution in [0.3, 0.4) is 0 Å². The molecule has 2 N–H and O–H groups in total. The van der Waals surface area contributed by atoms with E-state index in [0.29, 0.717) is 0 Å². The van der Waals surface area contributed by atoms with E-state index in [-0.39, 0.29) is 24.2 Å². The maximum Gasteiger partial charge on any atom is 0.220 e. The molecule has 0 aromatic rings. The van der Waals surface area contributed by atoms with Gasteiger partial charge in [-0.05, 0) is 6.42 Å². The lowest BCUT2D eigenvalue weighted by Crippen LogP contribution is -2.19. The predicted molar refractivity (Wildman–Crippen MR) is 40.5 cm³/mol. The first-order valence-corrected chi connectivity index (χ1v) is 2.97. The van der Waals surface area contributed by atoms with Gasteiger partial charge in [0.1, 0.15) is 0 Å². The van der Waals surface area contributed by atoms with E-state index in [0.717, 1.165) is 12.8 Å². The van der Waals surface area contributed by atoms with Crippen molar-refractivity contribution < 1.29 is 4.79 Å². The number of hydrogen-bond acceptors (Lipinski definition) is 1. The Hall–Kier alpha value is -0.240. The third-order valence-electron chi connectivity index (χ3n) is 1.21. The van der Waals surface area contributed by atoms with Gasteiger partial charge in [-0.2, -0.15) is 0 Å². The Labute approximate surface area is 62.2 Å². The second-order valence-electron chi connectivity index (χ2n) is 2.09. The van der Waals surface area contributed by atoms with E-state index in [4.69, 9.17) is 5.73 Å². The van der Waals surface area contributed by atoms with Crippen LogP contribution in [0, 0.1) is 5.92 Å². The lowest BCUT2D eigenvalue weighted by atomic mass is 10.1. The van der Waals surface area contributed by atoms with E-state index in [1.165, 1.54) is 0 Å². The van der Waals surface area contributed by atoms with E-state index >= 15 is 0 Å². The fraction of sp³-hybridized carbons (Fsp3) is 0.833. The standard InChI is InChI=1S/C6H13NO.ClH/c1-3-4-5(2)6(7)8;/h5H,3-4H2,1-2H3,(H2,7,8);1H. The van der Waals surface area contributed by atoms with Crippen LogP contribution in [0.15, 0.2) is 0 Å². The number of rotatable bonds is 3. The van der Waals surface area contributed by atoms with Crippen molar-refractivity contribution in [3.8, 4) is 0 Å².